The Labute approximate surface area is 189 Å². The van der Waals surface area contributed by atoms with E-state index in [1.165, 1.54) is 12.3 Å². The van der Waals surface area contributed by atoms with E-state index in [0.717, 1.165) is 23.2 Å². The lowest BCUT2D eigenvalue weighted by molar-refractivity contribution is 0.0701. The summed E-state index contributed by atoms with van der Waals surface area (Å²) in [6, 6.07) is 8.75. The van der Waals surface area contributed by atoms with Crippen LogP contribution in [-0.2, 0) is 13.5 Å². The molecule has 0 unspecified atom stereocenters. The Morgan fingerprint density at radius 2 is 2.00 bits per heavy atom. The van der Waals surface area contributed by atoms with Gasteiger partial charge in [0, 0.05) is 18.8 Å². The number of hydrogen-bond acceptors (Lipinski definition) is 7. The number of carbonyl (C=O) groups excluding carboxylic acids is 1. The van der Waals surface area contributed by atoms with E-state index in [1.807, 2.05) is 25.1 Å². The zero-order valence-corrected chi connectivity index (χ0v) is 18.5. The molecule has 3 aromatic heterocycles. The largest absolute Gasteiger partial charge is 0.493 e. The molecule has 4 aromatic rings. The number of carbonyl (C=O) groups is 1. The highest BCUT2D eigenvalue weighted by Crippen LogP contribution is 2.33. The molecule has 4 rings (SSSR count). The van der Waals surface area contributed by atoms with Gasteiger partial charge in [0.1, 0.15) is 22.8 Å². The number of ether oxygens (including phenoxy) is 1. The van der Waals surface area contributed by atoms with Gasteiger partial charge in [-0.3, -0.25) is 24.5 Å². The number of rotatable bonds is 7. The maximum atomic E-state index is 12.9. The van der Waals surface area contributed by atoms with Crippen molar-refractivity contribution in [2.75, 3.05) is 6.61 Å². The first-order chi connectivity index (χ1) is 16.0. The molecule has 0 radical (unpaired) electrons. The van der Waals surface area contributed by atoms with Crippen LogP contribution in [0, 0.1) is 0 Å². The predicted molar refractivity (Wildman–Crippen MR) is 122 cm³/mol. The molecular weight excluding hydrogens is 424 g/mol. The molecular formula is C23H24N6O4. The zero-order chi connectivity index (χ0) is 23.5. The first kappa shape index (κ1) is 22.2. The van der Waals surface area contributed by atoms with Crippen molar-refractivity contribution in [1.82, 2.24) is 30.2 Å². The number of aromatic nitrogens is 5. The van der Waals surface area contributed by atoms with E-state index in [2.05, 4.69) is 22.0 Å². The van der Waals surface area contributed by atoms with Crippen LogP contribution in [0.3, 0.4) is 0 Å². The third-order valence-corrected chi connectivity index (χ3v) is 5.21. The monoisotopic (exact) mass is 448 g/mol. The third kappa shape index (κ3) is 4.20. The molecule has 0 aliphatic rings. The predicted octanol–water partition coefficient (Wildman–Crippen LogP) is 2.86. The average molecular weight is 448 g/mol. The highest BCUT2D eigenvalue weighted by atomic mass is 16.5. The summed E-state index contributed by atoms with van der Waals surface area (Å²) in [6.45, 7) is 4.38. The molecule has 0 saturated heterocycles. The smallest absolute Gasteiger partial charge is 0.293 e. The van der Waals surface area contributed by atoms with Crippen LogP contribution < -0.4 is 15.8 Å². The highest BCUT2D eigenvalue weighted by molar-refractivity contribution is 5.91. The minimum Gasteiger partial charge on any atom is -0.493 e. The lowest BCUT2D eigenvalue weighted by Gasteiger charge is -2.12. The van der Waals surface area contributed by atoms with E-state index in [1.54, 1.807) is 23.3 Å². The maximum Gasteiger partial charge on any atom is 0.293 e. The van der Waals surface area contributed by atoms with Crippen molar-refractivity contribution in [3.05, 3.63) is 58.3 Å². The first-order valence-corrected chi connectivity index (χ1v) is 10.6. The molecule has 1 aromatic carbocycles. The number of benzene rings is 1. The number of amides is 1. The molecule has 0 saturated carbocycles. The second-order valence-corrected chi connectivity index (χ2v) is 7.45. The van der Waals surface area contributed by atoms with Crippen molar-refractivity contribution >= 4 is 16.9 Å². The Hall–Kier alpha value is -4.05. The summed E-state index contributed by atoms with van der Waals surface area (Å²) in [5.41, 5.74) is 5.31. The Morgan fingerprint density at radius 3 is 2.67 bits per heavy atom. The number of nitrogens with zero attached hydrogens (tertiary/aromatic N) is 4. The zero-order valence-electron chi connectivity index (χ0n) is 18.5. The summed E-state index contributed by atoms with van der Waals surface area (Å²) in [4.78, 5) is 36.2. The van der Waals surface area contributed by atoms with Gasteiger partial charge in [0.05, 0.1) is 17.9 Å². The maximum absolute atomic E-state index is 12.9. The number of pyridine rings is 1. The minimum atomic E-state index is -0.691. The summed E-state index contributed by atoms with van der Waals surface area (Å²) in [7, 11) is 1.73. The van der Waals surface area contributed by atoms with Gasteiger partial charge in [-0.05, 0) is 37.1 Å². The second kappa shape index (κ2) is 9.21. The Morgan fingerprint density at radius 1 is 1.21 bits per heavy atom. The summed E-state index contributed by atoms with van der Waals surface area (Å²) >= 11 is 0. The van der Waals surface area contributed by atoms with Gasteiger partial charge in [0.2, 0.25) is 0 Å². The van der Waals surface area contributed by atoms with Crippen LogP contribution in [-0.4, -0.2) is 42.5 Å². The van der Waals surface area contributed by atoms with Crippen LogP contribution in [0.1, 0.15) is 36.5 Å². The first-order valence-electron chi connectivity index (χ1n) is 10.6. The van der Waals surface area contributed by atoms with E-state index < -0.39 is 5.91 Å². The fourth-order valence-electron chi connectivity index (χ4n) is 3.71. The number of hydroxylamine groups is 1. The van der Waals surface area contributed by atoms with Crippen LogP contribution in [0.2, 0.25) is 0 Å². The third-order valence-electron chi connectivity index (χ3n) is 5.21. The van der Waals surface area contributed by atoms with Crippen molar-refractivity contribution < 1.29 is 14.7 Å². The Kier molecular flexibility index (Phi) is 6.18. The lowest BCUT2D eigenvalue weighted by Crippen LogP contribution is -2.19. The lowest BCUT2D eigenvalue weighted by atomic mass is 10.0. The standard InChI is InChI=1S/C23H24N6O4/c1-4-6-16-19-20(29(3)27-16)23(31)26-21(25-19)15-11-13(8-10-18(15)33-5-2)14-7-9-17(24-12-14)22(30)28-32/h7-12,32H,4-6H2,1-3H3,(H,28,30)(H,25,26,31). The Balaban J connectivity index is 1.86. The number of nitrogens with one attached hydrogen (secondary N) is 2. The van der Waals surface area contributed by atoms with E-state index in [4.69, 9.17) is 14.9 Å². The SMILES string of the molecule is CCCc1nn(C)c2c(=O)[nH]c(-c3cc(-c4ccc(C(=O)NO)nc4)ccc3OCC)nc12. The van der Waals surface area contributed by atoms with Gasteiger partial charge in [-0.2, -0.15) is 5.10 Å². The molecule has 10 nitrogen and oxygen atoms in total. The van der Waals surface area contributed by atoms with Gasteiger partial charge in [-0.1, -0.05) is 25.5 Å². The molecule has 10 heteroatoms. The fourth-order valence-corrected chi connectivity index (χ4v) is 3.71. The van der Waals surface area contributed by atoms with Gasteiger partial charge < -0.3 is 9.72 Å². The molecule has 0 spiro atoms. The van der Waals surface area contributed by atoms with Crippen molar-refractivity contribution in [2.24, 2.45) is 7.05 Å². The van der Waals surface area contributed by atoms with Gasteiger partial charge in [-0.15, -0.1) is 0 Å². The molecule has 0 fully saturated rings. The summed E-state index contributed by atoms with van der Waals surface area (Å²) in [5, 5.41) is 13.2. The molecule has 0 bridgehead atoms. The molecule has 0 atom stereocenters. The van der Waals surface area contributed by atoms with Crippen LogP contribution in [0.15, 0.2) is 41.3 Å². The molecule has 170 valence electrons. The van der Waals surface area contributed by atoms with Gasteiger partial charge >= 0.3 is 0 Å². The van der Waals surface area contributed by atoms with Crippen LogP contribution in [0.5, 0.6) is 5.75 Å². The second-order valence-electron chi connectivity index (χ2n) is 7.45. The number of fused-ring (bicyclic) bond motifs is 1. The van der Waals surface area contributed by atoms with Crippen LogP contribution in [0.25, 0.3) is 33.5 Å². The molecule has 3 heterocycles. The van der Waals surface area contributed by atoms with Gasteiger partial charge in [0.25, 0.3) is 11.5 Å². The van der Waals surface area contributed by atoms with E-state index in [0.29, 0.717) is 41.2 Å². The van der Waals surface area contributed by atoms with Crippen molar-refractivity contribution in [2.45, 2.75) is 26.7 Å². The van der Waals surface area contributed by atoms with Gasteiger partial charge in [-0.25, -0.2) is 10.5 Å². The summed E-state index contributed by atoms with van der Waals surface area (Å²) in [6.07, 6.45) is 3.13. The van der Waals surface area contributed by atoms with Crippen LogP contribution in [0.4, 0.5) is 0 Å². The topological polar surface area (TPSA) is 135 Å². The van der Waals surface area contributed by atoms with Crippen molar-refractivity contribution in [3.63, 3.8) is 0 Å². The fraction of sp³-hybridized carbons (Fsp3) is 0.261. The van der Waals surface area contributed by atoms with E-state index in [-0.39, 0.29) is 11.3 Å². The molecule has 0 aliphatic carbocycles. The Bertz CT molecular complexity index is 1370. The number of hydrogen-bond donors (Lipinski definition) is 3. The van der Waals surface area contributed by atoms with E-state index in [9.17, 15) is 9.59 Å². The summed E-state index contributed by atoms with van der Waals surface area (Å²) in [5.74, 6) is 0.268. The van der Waals surface area contributed by atoms with Crippen molar-refractivity contribution in [1.29, 1.82) is 0 Å². The summed E-state index contributed by atoms with van der Waals surface area (Å²) < 4.78 is 7.36. The van der Waals surface area contributed by atoms with Crippen LogP contribution >= 0.6 is 0 Å². The van der Waals surface area contributed by atoms with E-state index >= 15 is 0 Å². The quantitative estimate of drug-likeness (QED) is 0.292. The number of aryl methyl sites for hydroxylation is 2. The number of aromatic amines is 1. The number of H-pyrrole nitrogens is 1. The average Bonchev–Trinajstić information content (AvgIpc) is 3.15. The highest BCUT2D eigenvalue weighted by Gasteiger charge is 2.18. The minimum absolute atomic E-state index is 0.0869. The molecule has 3 N–H and O–H groups in total. The van der Waals surface area contributed by atoms with Crippen molar-refractivity contribution in [3.8, 4) is 28.3 Å². The van der Waals surface area contributed by atoms with Gasteiger partial charge in [0.15, 0.2) is 5.52 Å². The normalized spacial score (nSPS) is 11.0. The molecule has 1 amide bonds. The molecule has 0 aliphatic heterocycles. The molecule has 33 heavy (non-hydrogen) atoms.